The van der Waals surface area contributed by atoms with Gasteiger partial charge in [-0.2, -0.15) is 0 Å². The number of benzene rings is 4. The fraction of sp³-hybridized carbons (Fsp3) is 0.206. The van der Waals surface area contributed by atoms with E-state index in [1.165, 1.54) is 0 Å². The molecule has 2 heterocycles. The van der Waals surface area contributed by atoms with Gasteiger partial charge in [-0.3, -0.25) is 4.99 Å². The largest absolute Gasteiger partial charge is 0.494 e. The monoisotopic (exact) mass is 541 g/mol. The predicted molar refractivity (Wildman–Crippen MR) is 169 cm³/mol. The summed E-state index contributed by atoms with van der Waals surface area (Å²) in [5.41, 5.74) is 4.60. The molecule has 1 fully saturated rings. The Labute approximate surface area is 240 Å². The second-order valence-electron chi connectivity index (χ2n) is 11.2. The first-order chi connectivity index (χ1) is 19.8. The van der Waals surface area contributed by atoms with Crippen molar-refractivity contribution in [1.82, 2.24) is 0 Å². The molecular weight excluding hydrogens is 509 g/mol. The fourth-order valence-electron chi connectivity index (χ4n) is 4.98. The minimum atomic E-state index is -0.445. The second-order valence-corrected chi connectivity index (χ2v) is 11.2. The zero-order chi connectivity index (χ0) is 28.6. The Hall–Kier alpha value is -4.33. The van der Waals surface area contributed by atoms with Crippen LogP contribution in [0.2, 0.25) is 0 Å². The van der Waals surface area contributed by atoms with Gasteiger partial charge < -0.3 is 13.7 Å². The summed E-state index contributed by atoms with van der Waals surface area (Å²) in [4.78, 5) is 14.2. The van der Waals surface area contributed by atoms with Crippen molar-refractivity contribution in [3.63, 3.8) is 0 Å². The van der Waals surface area contributed by atoms with Gasteiger partial charge in [-0.25, -0.2) is 9.98 Å². The molecule has 1 aliphatic heterocycles. The molecule has 0 spiro atoms. The van der Waals surface area contributed by atoms with Gasteiger partial charge in [-0.05, 0) is 57.6 Å². The molecule has 4 aromatic carbocycles. The van der Waals surface area contributed by atoms with Crippen LogP contribution in [0.1, 0.15) is 44.4 Å². The Morgan fingerprint density at radius 3 is 2.05 bits per heavy atom. The van der Waals surface area contributed by atoms with Crippen molar-refractivity contribution < 1.29 is 13.7 Å². The number of nitrogens with zero attached hydrogens (tertiary/aromatic N) is 3. The topological polar surface area (TPSA) is 68.7 Å². The van der Waals surface area contributed by atoms with E-state index in [0.717, 1.165) is 44.1 Å². The Morgan fingerprint density at radius 1 is 0.707 bits per heavy atom. The van der Waals surface area contributed by atoms with Crippen molar-refractivity contribution in [2.45, 2.75) is 45.4 Å². The summed E-state index contributed by atoms with van der Waals surface area (Å²) in [6, 6.07) is 32.0. The molecule has 41 heavy (non-hydrogen) atoms. The third-order valence-corrected chi connectivity index (χ3v) is 7.98. The maximum Gasteiger partial charge on any atom is 0.494 e. The van der Waals surface area contributed by atoms with Gasteiger partial charge in [0, 0.05) is 21.9 Å². The van der Waals surface area contributed by atoms with E-state index in [-0.39, 0.29) is 0 Å². The number of aliphatic imine (C=N–C) groups is 3. The van der Waals surface area contributed by atoms with Crippen molar-refractivity contribution in [1.29, 1.82) is 0 Å². The van der Waals surface area contributed by atoms with Crippen LogP contribution in [0.3, 0.4) is 0 Å². The lowest BCUT2D eigenvalue weighted by molar-refractivity contribution is 0.00578. The van der Waals surface area contributed by atoms with E-state index in [4.69, 9.17) is 23.7 Å². The highest BCUT2D eigenvalue weighted by Gasteiger charge is 2.51. The number of rotatable bonds is 5. The molecule has 0 unspecified atom stereocenters. The number of amidine groups is 2. The van der Waals surface area contributed by atoms with Crippen LogP contribution < -0.4 is 5.46 Å². The first-order valence-electron chi connectivity index (χ1n) is 13.8. The highest BCUT2D eigenvalue weighted by molar-refractivity contribution is 6.62. The van der Waals surface area contributed by atoms with Gasteiger partial charge in [0.05, 0.1) is 17.7 Å². The zero-order valence-corrected chi connectivity index (χ0v) is 23.8. The number of hydrogen-bond acceptors (Lipinski definition) is 4. The maximum atomic E-state index is 6.25. The van der Waals surface area contributed by atoms with E-state index in [1.807, 2.05) is 84.9 Å². The van der Waals surface area contributed by atoms with Gasteiger partial charge in [-0.15, -0.1) is 0 Å². The summed E-state index contributed by atoms with van der Waals surface area (Å²) in [5.74, 6) is 1.06. The lowest BCUT2D eigenvalue weighted by Gasteiger charge is -2.32. The lowest BCUT2D eigenvalue weighted by Crippen LogP contribution is -2.41. The van der Waals surface area contributed by atoms with Crippen molar-refractivity contribution in [3.8, 4) is 0 Å². The zero-order valence-electron chi connectivity index (χ0n) is 23.8. The Balaban J connectivity index is 1.40. The SMILES string of the molecule is C=NC(=NC(=NCc1cccc2oc3ccccc3c12)c1ccc(B2OC(C)(C)C(C)(C)O2)cc1)c1ccccc1. The number of para-hydroxylation sites is 1. The minimum Gasteiger partial charge on any atom is -0.456 e. The second kappa shape index (κ2) is 10.6. The fourth-order valence-corrected chi connectivity index (χ4v) is 4.98. The average Bonchev–Trinajstić information content (AvgIpc) is 3.47. The molecule has 0 bridgehead atoms. The Bertz CT molecular complexity index is 1770. The van der Waals surface area contributed by atoms with Crippen molar-refractivity contribution in [2.75, 3.05) is 0 Å². The van der Waals surface area contributed by atoms with E-state index in [1.54, 1.807) is 0 Å². The number of fused-ring (bicyclic) bond motifs is 3. The normalized spacial score (nSPS) is 16.9. The molecular formula is C34H32BN3O3. The molecule has 0 N–H and O–H groups in total. The molecule has 0 atom stereocenters. The van der Waals surface area contributed by atoms with E-state index < -0.39 is 18.3 Å². The molecule has 0 amide bonds. The molecule has 6 rings (SSSR count). The van der Waals surface area contributed by atoms with Crippen LogP contribution in [0, 0.1) is 0 Å². The summed E-state index contributed by atoms with van der Waals surface area (Å²) in [5, 5.41) is 2.14. The van der Waals surface area contributed by atoms with Crippen molar-refractivity contribution >= 4 is 52.9 Å². The van der Waals surface area contributed by atoms with Crippen molar-refractivity contribution in [3.05, 3.63) is 114 Å². The van der Waals surface area contributed by atoms with E-state index in [0.29, 0.717) is 18.2 Å². The average molecular weight is 541 g/mol. The summed E-state index contributed by atoms with van der Waals surface area (Å²) in [6.07, 6.45) is 0. The predicted octanol–water partition coefficient (Wildman–Crippen LogP) is 6.98. The molecule has 1 aliphatic rings. The Morgan fingerprint density at radius 2 is 1.34 bits per heavy atom. The van der Waals surface area contributed by atoms with E-state index in [9.17, 15) is 0 Å². The highest BCUT2D eigenvalue weighted by Crippen LogP contribution is 2.36. The van der Waals surface area contributed by atoms with Crippen LogP contribution >= 0.6 is 0 Å². The van der Waals surface area contributed by atoms with Gasteiger partial charge >= 0.3 is 7.12 Å². The van der Waals surface area contributed by atoms with Crippen LogP contribution in [-0.2, 0) is 15.9 Å². The molecule has 6 nitrogen and oxygen atoms in total. The third-order valence-electron chi connectivity index (χ3n) is 7.98. The first kappa shape index (κ1) is 26.9. The standard InChI is InChI=1S/C34H32BN3O3/c1-33(2)34(3,4)41-35(40-33)26-20-18-24(19-21-26)32(38-31(36-5)23-12-7-6-8-13-23)37-22-25-14-11-17-29-30(25)27-15-9-10-16-28(27)39-29/h6-21H,5,22H2,1-4H3. The molecule has 5 aromatic rings. The Kier molecular flexibility index (Phi) is 6.93. The number of furan rings is 1. The van der Waals surface area contributed by atoms with Crippen LogP contribution in [-0.4, -0.2) is 36.7 Å². The molecule has 0 aliphatic carbocycles. The van der Waals surface area contributed by atoms with Crippen LogP contribution in [0.4, 0.5) is 0 Å². The van der Waals surface area contributed by atoms with Gasteiger partial charge in [0.1, 0.15) is 11.2 Å². The quantitative estimate of drug-likeness (QED) is 0.137. The molecule has 7 heteroatoms. The summed E-state index contributed by atoms with van der Waals surface area (Å²) < 4.78 is 18.6. The van der Waals surface area contributed by atoms with Crippen LogP contribution in [0.15, 0.2) is 116 Å². The van der Waals surface area contributed by atoms with Gasteiger partial charge in [-0.1, -0.05) is 84.9 Å². The van der Waals surface area contributed by atoms with E-state index >= 15 is 0 Å². The molecule has 1 saturated heterocycles. The first-order valence-corrected chi connectivity index (χ1v) is 13.8. The minimum absolute atomic E-state index is 0.411. The smallest absolute Gasteiger partial charge is 0.456 e. The van der Waals surface area contributed by atoms with Crippen LogP contribution in [0.5, 0.6) is 0 Å². The van der Waals surface area contributed by atoms with Gasteiger partial charge in [0.25, 0.3) is 0 Å². The third kappa shape index (κ3) is 5.14. The summed E-state index contributed by atoms with van der Waals surface area (Å²) >= 11 is 0. The molecule has 1 aromatic heterocycles. The highest BCUT2D eigenvalue weighted by atomic mass is 16.7. The summed E-state index contributed by atoms with van der Waals surface area (Å²) in [7, 11) is -0.445. The van der Waals surface area contributed by atoms with Gasteiger partial charge in [0.15, 0.2) is 11.7 Å². The van der Waals surface area contributed by atoms with Crippen LogP contribution in [0.25, 0.3) is 21.9 Å². The van der Waals surface area contributed by atoms with Gasteiger partial charge in [0.2, 0.25) is 0 Å². The molecule has 0 saturated carbocycles. The lowest BCUT2D eigenvalue weighted by atomic mass is 9.79. The molecule has 0 radical (unpaired) electrons. The maximum absolute atomic E-state index is 6.25. The van der Waals surface area contributed by atoms with Crippen molar-refractivity contribution in [2.24, 2.45) is 15.0 Å². The molecule has 204 valence electrons. The van der Waals surface area contributed by atoms with E-state index in [2.05, 4.69) is 51.5 Å². The number of hydrogen-bond donors (Lipinski definition) is 0. The summed E-state index contributed by atoms with van der Waals surface area (Å²) in [6.45, 7) is 12.4.